The van der Waals surface area contributed by atoms with Crippen LogP contribution in [0, 0.1) is 0 Å². The van der Waals surface area contributed by atoms with Crippen molar-refractivity contribution in [3.63, 3.8) is 0 Å². The molecular formula is C6H5AsN2O5S4. The summed E-state index contributed by atoms with van der Waals surface area (Å²) in [7, 11) is 0. The molecule has 2 aliphatic heterocycles. The quantitative estimate of drug-likeness (QED) is 0.477. The van der Waals surface area contributed by atoms with Gasteiger partial charge in [0.2, 0.25) is 0 Å². The molecule has 12 heteroatoms. The molecule has 2 saturated heterocycles. The topological polar surface area (TPSA) is 76.2 Å². The number of hydroxylamine groups is 4. The molecule has 98 valence electrons. The summed E-state index contributed by atoms with van der Waals surface area (Å²) in [5.41, 5.74) is 0. The first-order valence-electron chi connectivity index (χ1n) is 4.38. The van der Waals surface area contributed by atoms with Crippen LogP contribution in [0.1, 0.15) is 0 Å². The van der Waals surface area contributed by atoms with E-state index in [2.05, 4.69) is 0 Å². The maximum absolute atomic E-state index is 11.6. The predicted octanol–water partition coefficient (Wildman–Crippen LogP) is -0.282. The van der Waals surface area contributed by atoms with Crippen molar-refractivity contribution in [2.75, 3.05) is 11.5 Å². The Kier molecular flexibility index (Phi) is 4.86. The van der Waals surface area contributed by atoms with Crippen LogP contribution < -0.4 is 0 Å². The molecule has 2 amide bonds. The van der Waals surface area contributed by atoms with Gasteiger partial charge in [0.15, 0.2) is 0 Å². The summed E-state index contributed by atoms with van der Waals surface area (Å²) < 4.78 is 21.7. The zero-order chi connectivity index (χ0) is 13.3. The average molecular weight is 388 g/mol. The van der Waals surface area contributed by atoms with E-state index in [1.807, 2.05) is 0 Å². The molecule has 7 nitrogen and oxygen atoms in total. The molecule has 2 aliphatic rings. The minimum atomic E-state index is -3.79. The van der Waals surface area contributed by atoms with Gasteiger partial charge in [-0.15, -0.1) is 0 Å². The molecule has 0 unspecified atom stereocenters. The number of nitrogens with zero attached hydrogens (tertiary/aromatic N) is 2. The molecule has 18 heavy (non-hydrogen) atoms. The third-order valence-electron chi connectivity index (χ3n) is 1.75. The van der Waals surface area contributed by atoms with E-state index in [0.29, 0.717) is 0 Å². The maximum atomic E-state index is 11.6. The van der Waals surface area contributed by atoms with E-state index in [9.17, 15) is 13.3 Å². The zero-order valence-electron chi connectivity index (χ0n) is 8.48. The Hall–Kier alpha value is 0.0984. The molecular weight excluding hydrogens is 383 g/mol. The van der Waals surface area contributed by atoms with Gasteiger partial charge in [-0.2, -0.15) is 0 Å². The molecule has 2 heterocycles. The van der Waals surface area contributed by atoms with Gasteiger partial charge in [0.05, 0.1) is 0 Å². The monoisotopic (exact) mass is 388 g/mol. The van der Waals surface area contributed by atoms with Gasteiger partial charge in [0.25, 0.3) is 0 Å². The van der Waals surface area contributed by atoms with Gasteiger partial charge in [-0.3, -0.25) is 0 Å². The Balaban J connectivity index is 1.93. The van der Waals surface area contributed by atoms with Gasteiger partial charge in [0, 0.05) is 0 Å². The van der Waals surface area contributed by atoms with Crippen molar-refractivity contribution in [1.82, 2.24) is 10.1 Å². The number of amides is 2. The second-order valence-electron chi connectivity index (χ2n) is 2.92. The average Bonchev–Trinajstić information content (AvgIpc) is 2.79. The number of hydrogen-bond donors (Lipinski definition) is 0. The molecule has 0 aromatic carbocycles. The van der Waals surface area contributed by atoms with Crippen molar-refractivity contribution in [1.29, 1.82) is 0 Å². The van der Waals surface area contributed by atoms with Crippen molar-refractivity contribution in [2.24, 2.45) is 0 Å². The first kappa shape index (κ1) is 14.5. The Bertz CT molecular complexity index is 399. The molecule has 0 radical (unpaired) electrons. The van der Waals surface area contributed by atoms with E-state index in [-0.39, 0.29) is 20.1 Å². The van der Waals surface area contributed by atoms with E-state index in [1.54, 1.807) is 0 Å². The predicted molar refractivity (Wildman–Crippen MR) is 73.8 cm³/mol. The zero-order valence-corrected chi connectivity index (χ0v) is 13.8. The van der Waals surface area contributed by atoms with Gasteiger partial charge in [0.1, 0.15) is 0 Å². The van der Waals surface area contributed by atoms with E-state index < -0.39 is 27.1 Å². The number of rotatable bonds is 4. The summed E-state index contributed by atoms with van der Waals surface area (Å²) >= 11 is 8.08. The molecule has 0 bridgehead atoms. The third-order valence-corrected chi connectivity index (χ3v) is 5.79. The molecule has 0 aromatic rings. The van der Waals surface area contributed by atoms with Crippen LogP contribution in [0.25, 0.3) is 0 Å². The first-order valence-corrected chi connectivity index (χ1v) is 9.74. The third kappa shape index (κ3) is 3.16. The van der Waals surface area contributed by atoms with Gasteiger partial charge in [-0.1, -0.05) is 0 Å². The van der Waals surface area contributed by atoms with Crippen molar-refractivity contribution in [2.45, 2.75) is 0 Å². The van der Waals surface area contributed by atoms with Gasteiger partial charge in [-0.25, -0.2) is 0 Å². The molecule has 0 aromatic heterocycles. The van der Waals surface area contributed by atoms with Crippen LogP contribution in [0.3, 0.4) is 0 Å². The number of thioether (sulfide) groups is 2. The SMILES string of the molecule is O=C1CSC(=S)N1O[AsH](=O)ON1C(=O)CSC1=S. The van der Waals surface area contributed by atoms with E-state index in [4.69, 9.17) is 32.1 Å². The molecule has 0 aliphatic carbocycles. The van der Waals surface area contributed by atoms with E-state index >= 15 is 0 Å². The Morgan fingerprint density at radius 1 is 1.00 bits per heavy atom. The fourth-order valence-corrected chi connectivity index (χ4v) is 4.96. The fourth-order valence-electron chi connectivity index (χ4n) is 1.03. The second kappa shape index (κ2) is 6.03. The Morgan fingerprint density at radius 2 is 1.39 bits per heavy atom. The van der Waals surface area contributed by atoms with Crippen LogP contribution in [0.4, 0.5) is 0 Å². The summed E-state index contributed by atoms with van der Waals surface area (Å²) in [6, 6.07) is 0. The van der Waals surface area contributed by atoms with Crippen LogP contribution in [0.2, 0.25) is 0 Å². The minimum absolute atomic E-state index is 0.140. The van der Waals surface area contributed by atoms with Crippen LogP contribution in [0.5, 0.6) is 0 Å². The Morgan fingerprint density at radius 3 is 1.67 bits per heavy atom. The van der Waals surface area contributed by atoms with Crippen molar-refractivity contribution < 1.29 is 21.0 Å². The number of carbonyl (C=O) groups is 2. The molecule has 0 spiro atoms. The molecule has 0 atom stereocenters. The normalized spacial score (nSPS) is 20.7. The molecule has 2 rings (SSSR count). The fraction of sp³-hybridized carbons (Fsp3) is 0.333. The standard InChI is InChI=1S/C6H5AsN2O5S4/c10-3-1-17-5(15)8(3)13-7(12)14-9-4(11)2-18-6(9)16/h7H,1-2H2. The number of hydrogen-bond acceptors (Lipinski definition) is 9. The van der Waals surface area contributed by atoms with Crippen LogP contribution >= 0.6 is 48.0 Å². The van der Waals surface area contributed by atoms with Crippen molar-refractivity contribution in [3.8, 4) is 0 Å². The first-order chi connectivity index (χ1) is 8.49. The van der Waals surface area contributed by atoms with Crippen molar-refractivity contribution >= 4 is 83.7 Å². The van der Waals surface area contributed by atoms with Crippen LogP contribution in [-0.4, -0.2) is 57.4 Å². The van der Waals surface area contributed by atoms with E-state index in [1.165, 1.54) is 0 Å². The van der Waals surface area contributed by atoms with E-state index in [0.717, 1.165) is 33.7 Å². The Labute approximate surface area is 126 Å². The second-order valence-corrected chi connectivity index (χ2v) is 7.95. The summed E-state index contributed by atoms with van der Waals surface area (Å²) in [5, 5.41) is 1.53. The van der Waals surface area contributed by atoms with Crippen LogP contribution in [-0.2, 0) is 21.0 Å². The molecule has 0 saturated carbocycles. The summed E-state index contributed by atoms with van der Waals surface area (Å²) in [4.78, 5) is 22.6. The van der Waals surface area contributed by atoms with Gasteiger partial charge in [-0.05, 0) is 0 Å². The number of thiocarbonyl (C=S) groups is 2. The summed E-state index contributed by atoms with van der Waals surface area (Å²) in [6.07, 6.45) is 0. The summed E-state index contributed by atoms with van der Waals surface area (Å²) in [6.45, 7) is 0. The summed E-state index contributed by atoms with van der Waals surface area (Å²) in [5.74, 6) is -0.527. The van der Waals surface area contributed by atoms with Crippen LogP contribution in [0.15, 0.2) is 0 Å². The number of carbonyl (C=O) groups excluding carboxylic acids is 2. The molecule has 2 fully saturated rings. The van der Waals surface area contributed by atoms with Gasteiger partial charge < -0.3 is 0 Å². The van der Waals surface area contributed by atoms with Crippen molar-refractivity contribution in [3.05, 3.63) is 0 Å². The molecule has 0 N–H and O–H groups in total. The van der Waals surface area contributed by atoms with Gasteiger partial charge >= 0.3 is 126 Å².